The molecule has 6 nitrogen and oxygen atoms in total. The van der Waals surface area contributed by atoms with E-state index in [2.05, 4.69) is 57.0 Å². The van der Waals surface area contributed by atoms with Gasteiger partial charge in [-0.15, -0.1) is 0 Å². The van der Waals surface area contributed by atoms with Gasteiger partial charge in [0, 0.05) is 68.5 Å². The third-order valence-corrected chi connectivity index (χ3v) is 5.58. The van der Waals surface area contributed by atoms with Crippen molar-refractivity contribution >= 4 is 11.6 Å². The highest BCUT2D eigenvalue weighted by molar-refractivity contribution is 6.04. The number of carbonyl (C=O) groups is 1. The number of rotatable bonds is 4. The maximum absolute atomic E-state index is 12.7. The number of piperazine rings is 1. The van der Waals surface area contributed by atoms with Crippen molar-refractivity contribution in [3.05, 3.63) is 65.2 Å². The Morgan fingerprint density at radius 2 is 1.80 bits per heavy atom. The first-order valence-corrected chi connectivity index (χ1v) is 10.5. The summed E-state index contributed by atoms with van der Waals surface area (Å²) in [4.78, 5) is 17.5. The zero-order valence-electron chi connectivity index (χ0n) is 17.4. The summed E-state index contributed by atoms with van der Waals surface area (Å²) in [7, 11) is 2.17. The molecule has 2 saturated heterocycles. The predicted molar refractivity (Wildman–Crippen MR) is 120 cm³/mol. The molecule has 2 fully saturated rings. The average Bonchev–Trinajstić information content (AvgIpc) is 3.29. The number of amides is 1. The minimum absolute atomic E-state index is 0.116. The molecule has 0 radical (unpaired) electrons. The molecule has 2 aliphatic heterocycles. The zero-order valence-corrected chi connectivity index (χ0v) is 17.4. The molecule has 0 aromatic heterocycles. The summed E-state index contributed by atoms with van der Waals surface area (Å²) in [5.41, 5.74) is 9.70. The molecule has 30 heavy (non-hydrogen) atoms. The number of hydrogen-bond donors (Lipinski definition) is 3. The monoisotopic (exact) mass is 403 g/mol. The van der Waals surface area contributed by atoms with Gasteiger partial charge in [0.05, 0.1) is 0 Å². The van der Waals surface area contributed by atoms with Crippen LogP contribution in [-0.2, 0) is 6.54 Å². The quantitative estimate of drug-likeness (QED) is 0.680. The molecule has 2 aliphatic rings. The van der Waals surface area contributed by atoms with Crippen molar-refractivity contribution in [2.24, 2.45) is 5.92 Å². The van der Waals surface area contributed by atoms with Crippen LogP contribution in [0.5, 0.6) is 0 Å². The molecule has 2 heterocycles. The van der Waals surface area contributed by atoms with Crippen molar-refractivity contribution in [2.45, 2.75) is 6.54 Å². The summed E-state index contributed by atoms with van der Waals surface area (Å²) in [6.07, 6.45) is 0. The van der Waals surface area contributed by atoms with E-state index >= 15 is 0 Å². The number of nitrogens with zero attached hydrogens (tertiary/aromatic N) is 2. The van der Waals surface area contributed by atoms with Gasteiger partial charge in [-0.25, -0.2) is 0 Å². The van der Waals surface area contributed by atoms with Crippen LogP contribution in [0.2, 0.25) is 0 Å². The summed E-state index contributed by atoms with van der Waals surface area (Å²) in [5.74, 6) is 6.60. The Hall–Kier alpha value is -2.69. The molecule has 156 valence electrons. The summed E-state index contributed by atoms with van der Waals surface area (Å²) < 4.78 is 0. The Morgan fingerprint density at radius 3 is 2.53 bits per heavy atom. The van der Waals surface area contributed by atoms with E-state index in [0.717, 1.165) is 57.1 Å². The summed E-state index contributed by atoms with van der Waals surface area (Å²) in [6.45, 7) is 7.08. The van der Waals surface area contributed by atoms with Crippen LogP contribution in [-0.4, -0.2) is 62.0 Å². The summed E-state index contributed by atoms with van der Waals surface area (Å²) in [6, 6.07) is 15.6. The second-order valence-corrected chi connectivity index (χ2v) is 8.04. The maximum Gasteiger partial charge on any atom is 0.255 e. The van der Waals surface area contributed by atoms with Crippen LogP contribution in [0.15, 0.2) is 48.5 Å². The maximum atomic E-state index is 12.7. The first kappa shape index (κ1) is 20.6. The molecule has 0 atom stereocenters. The Bertz CT molecular complexity index is 917. The number of likely N-dealkylation sites (N-methyl/N-ethyl adjacent to an activating group) is 1. The topological polar surface area (TPSA) is 59.6 Å². The van der Waals surface area contributed by atoms with Crippen LogP contribution in [0, 0.1) is 17.8 Å². The molecule has 2 aromatic rings. The highest BCUT2D eigenvalue weighted by Crippen LogP contribution is 2.14. The van der Waals surface area contributed by atoms with Crippen LogP contribution >= 0.6 is 0 Å². The lowest BCUT2D eigenvalue weighted by molar-refractivity contribution is 0.102. The van der Waals surface area contributed by atoms with E-state index in [-0.39, 0.29) is 5.91 Å². The van der Waals surface area contributed by atoms with E-state index in [0.29, 0.717) is 11.5 Å². The van der Waals surface area contributed by atoms with E-state index in [1.165, 1.54) is 5.56 Å². The van der Waals surface area contributed by atoms with E-state index in [1.54, 1.807) is 0 Å². The van der Waals surface area contributed by atoms with Gasteiger partial charge in [-0.1, -0.05) is 30.0 Å². The first-order chi connectivity index (χ1) is 14.7. The predicted octanol–water partition coefficient (Wildman–Crippen LogP) is 1.76. The Labute approximate surface area is 178 Å². The highest BCUT2D eigenvalue weighted by Gasteiger charge is 2.14. The fourth-order valence-electron chi connectivity index (χ4n) is 3.65. The second kappa shape index (κ2) is 9.88. The lowest BCUT2D eigenvalue weighted by Gasteiger charge is -2.32. The SMILES string of the molecule is CN1CCN(Cc2ccc(NC(=O)c3cccc(C#CC4CNNC4)c3)cc2)CC1. The molecule has 0 bridgehead atoms. The third-order valence-electron chi connectivity index (χ3n) is 5.58. The Morgan fingerprint density at radius 1 is 1.07 bits per heavy atom. The molecule has 4 rings (SSSR count). The summed E-state index contributed by atoms with van der Waals surface area (Å²) >= 11 is 0. The average molecular weight is 404 g/mol. The van der Waals surface area contributed by atoms with Gasteiger partial charge in [0.15, 0.2) is 0 Å². The molecule has 1 amide bonds. The number of hydrogen-bond acceptors (Lipinski definition) is 5. The van der Waals surface area contributed by atoms with E-state index < -0.39 is 0 Å². The van der Waals surface area contributed by atoms with Crippen LogP contribution in [0.25, 0.3) is 0 Å². The molecule has 0 aliphatic carbocycles. The van der Waals surface area contributed by atoms with Crippen molar-refractivity contribution in [1.82, 2.24) is 20.7 Å². The third kappa shape index (κ3) is 5.68. The molecule has 2 aromatic carbocycles. The van der Waals surface area contributed by atoms with Gasteiger partial charge < -0.3 is 10.2 Å². The molecule has 0 unspecified atom stereocenters. The summed E-state index contributed by atoms with van der Waals surface area (Å²) in [5, 5.41) is 2.99. The van der Waals surface area contributed by atoms with E-state index in [4.69, 9.17) is 0 Å². The van der Waals surface area contributed by atoms with Crippen LogP contribution in [0.1, 0.15) is 21.5 Å². The van der Waals surface area contributed by atoms with Crippen LogP contribution < -0.4 is 16.2 Å². The van der Waals surface area contributed by atoms with Crippen molar-refractivity contribution in [2.75, 3.05) is 51.6 Å². The van der Waals surface area contributed by atoms with Gasteiger partial charge in [0.25, 0.3) is 5.91 Å². The smallest absolute Gasteiger partial charge is 0.255 e. The fraction of sp³-hybridized carbons (Fsp3) is 0.375. The highest BCUT2D eigenvalue weighted by atomic mass is 16.1. The number of hydrazine groups is 1. The largest absolute Gasteiger partial charge is 0.322 e. The Kier molecular flexibility index (Phi) is 6.77. The normalized spacial score (nSPS) is 18.0. The molecule has 0 spiro atoms. The first-order valence-electron chi connectivity index (χ1n) is 10.5. The van der Waals surface area contributed by atoms with Gasteiger partial charge >= 0.3 is 0 Å². The standard InChI is InChI=1S/C24H29N5O/c1-28-11-13-29(14-12-28)18-20-7-9-23(10-8-20)27-24(30)22-4-2-3-19(15-22)5-6-21-16-25-26-17-21/h2-4,7-10,15,21,25-26H,11-14,16-18H2,1H3,(H,27,30). The zero-order chi connectivity index (χ0) is 20.8. The minimum atomic E-state index is -0.116. The van der Waals surface area contributed by atoms with Crippen molar-refractivity contribution < 1.29 is 4.79 Å². The number of anilines is 1. The van der Waals surface area contributed by atoms with E-state index in [9.17, 15) is 4.79 Å². The van der Waals surface area contributed by atoms with Crippen LogP contribution in [0.4, 0.5) is 5.69 Å². The molecule has 0 saturated carbocycles. The number of benzene rings is 2. The molecular weight excluding hydrogens is 374 g/mol. The molecule has 3 N–H and O–H groups in total. The number of nitrogens with one attached hydrogen (secondary N) is 3. The van der Waals surface area contributed by atoms with Gasteiger partial charge in [-0.05, 0) is 42.9 Å². The van der Waals surface area contributed by atoms with Crippen molar-refractivity contribution in [3.63, 3.8) is 0 Å². The number of carbonyl (C=O) groups excluding carboxylic acids is 1. The van der Waals surface area contributed by atoms with Gasteiger partial charge in [0.2, 0.25) is 0 Å². The van der Waals surface area contributed by atoms with Gasteiger partial charge in [-0.3, -0.25) is 20.5 Å². The van der Waals surface area contributed by atoms with Gasteiger partial charge in [-0.2, -0.15) is 0 Å². The lowest BCUT2D eigenvalue weighted by atomic mass is 10.1. The Balaban J connectivity index is 1.34. The lowest BCUT2D eigenvalue weighted by Crippen LogP contribution is -2.43. The van der Waals surface area contributed by atoms with Crippen molar-refractivity contribution in [3.8, 4) is 11.8 Å². The molecule has 6 heteroatoms. The van der Waals surface area contributed by atoms with E-state index in [1.807, 2.05) is 36.4 Å². The molecular formula is C24H29N5O. The van der Waals surface area contributed by atoms with Crippen molar-refractivity contribution in [1.29, 1.82) is 0 Å². The van der Waals surface area contributed by atoms with Gasteiger partial charge in [0.1, 0.15) is 0 Å². The minimum Gasteiger partial charge on any atom is -0.322 e. The second-order valence-electron chi connectivity index (χ2n) is 8.04. The fourth-order valence-corrected chi connectivity index (χ4v) is 3.65. The van der Waals surface area contributed by atoms with Crippen LogP contribution in [0.3, 0.4) is 0 Å².